The third kappa shape index (κ3) is 3.57. The molecule has 1 aliphatic rings. The van der Waals surface area contributed by atoms with Crippen LogP contribution < -0.4 is 0 Å². The molecule has 0 spiro atoms. The number of hydrogen-bond acceptors (Lipinski definition) is 5. The minimum atomic E-state index is -0.522. The van der Waals surface area contributed by atoms with Gasteiger partial charge in [0, 0.05) is 24.1 Å². The minimum absolute atomic E-state index is 0.339. The van der Waals surface area contributed by atoms with Crippen molar-refractivity contribution in [2.75, 3.05) is 26.8 Å². The van der Waals surface area contributed by atoms with E-state index in [1.807, 2.05) is 6.07 Å². The van der Waals surface area contributed by atoms with Crippen molar-refractivity contribution in [2.24, 2.45) is 0 Å². The molecule has 1 saturated heterocycles. The zero-order valence-electron chi connectivity index (χ0n) is 11.1. The Bertz CT molecular complexity index is 542. The Labute approximate surface area is 126 Å². The predicted molar refractivity (Wildman–Crippen MR) is 75.9 cm³/mol. The fourth-order valence-electron chi connectivity index (χ4n) is 2.11. The lowest BCUT2D eigenvalue weighted by molar-refractivity contribution is -0.160. The van der Waals surface area contributed by atoms with Crippen LogP contribution in [-0.4, -0.2) is 43.8 Å². The Morgan fingerprint density at radius 2 is 2.45 bits per heavy atom. The van der Waals surface area contributed by atoms with E-state index < -0.39 is 6.10 Å². The highest BCUT2D eigenvalue weighted by atomic mass is 79.9. The summed E-state index contributed by atoms with van der Waals surface area (Å²) in [5, 5.41) is 8.85. The third-order valence-electron chi connectivity index (χ3n) is 3.19. The second kappa shape index (κ2) is 6.84. The van der Waals surface area contributed by atoms with Crippen LogP contribution in [0.15, 0.2) is 22.7 Å². The summed E-state index contributed by atoms with van der Waals surface area (Å²) >= 11 is 3.47. The van der Waals surface area contributed by atoms with E-state index in [9.17, 15) is 4.79 Å². The Morgan fingerprint density at radius 1 is 1.65 bits per heavy atom. The number of carbonyl (C=O) groups is 1. The first-order chi connectivity index (χ1) is 9.63. The van der Waals surface area contributed by atoms with Crippen LogP contribution >= 0.6 is 15.9 Å². The normalized spacial score (nSPS) is 19.4. The van der Waals surface area contributed by atoms with Gasteiger partial charge in [-0.05, 0) is 17.7 Å². The van der Waals surface area contributed by atoms with Gasteiger partial charge in [0.1, 0.15) is 0 Å². The number of morpholine rings is 1. The predicted octanol–water partition coefficient (Wildman–Crippen LogP) is 1.69. The Hall–Kier alpha value is -1.42. The molecule has 2 rings (SSSR count). The fraction of sp³-hybridized carbons (Fsp3) is 0.429. The van der Waals surface area contributed by atoms with E-state index in [1.165, 1.54) is 7.11 Å². The summed E-state index contributed by atoms with van der Waals surface area (Å²) in [5.74, 6) is -0.339. The standard InChI is InChI=1S/C14H15BrN2O3/c1-19-14(18)13-9-17(4-5-20-13)8-11-3-2-10(7-16)6-12(11)15/h2-3,6,13H,4-5,8-9H2,1H3/t13-/m1/s1. The molecule has 0 radical (unpaired) electrons. The summed E-state index contributed by atoms with van der Waals surface area (Å²) in [6.45, 7) is 2.48. The zero-order chi connectivity index (χ0) is 14.5. The lowest BCUT2D eigenvalue weighted by atomic mass is 10.1. The van der Waals surface area contributed by atoms with Gasteiger partial charge in [-0.15, -0.1) is 0 Å². The molecule has 5 nitrogen and oxygen atoms in total. The van der Waals surface area contributed by atoms with Gasteiger partial charge in [0.25, 0.3) is 0 Å². The van der Waals surface area contributed by atoms with Crippen molar-refractivity contribution in [1.82, 2.24) is 4.90 Å². The van der Waals surface area contributed by atoms with Gasteiger partial charge in [-0.2, -0.15) is 5.26 Å². The first kappa shape index (κ1) is 15.0. The van der Waals surface area contributed by atoms with Crippen LogP contribution in [0.4, 0.5) is 0 Å². The summed E-state index contributed by atoms with van der Waals surface area (Å²) in [6.07, 6.45) is -0.522. The van der Waals surface area contributed by atoms with E-state index in [0.29, 0.717) is 25.3 Å². The smallest absolute Gasteiger partial charge is 0.336 e. The molecule has 0 amide bonds. The number of benzene rings is 1. The van der Waals surface area contributed by atoms with Crippen LogP contribution in [0.5, 0.6) is 0 Å². The highest BCUT2D eigenvalue weighted by Gasteiger charge is 2.27. The van der Waals surface area contributed by atoms with Crippen LogP contribution in [0.1, 0.15) is 11.1 Å². The number of halogens is 1. The monoisotopic (exact) mass is 338 g/mol. The number of esters is 1. The van der Waals surface area contributed by atoms with E-state index in [-0.39, 0.29) is 5.97 Å². The van der Waals surface area contributed by atoms with Crippen LogP contribution in [0.25, 0.3) is 0 Å². The molecular formula is C14H15BrN2O3. The summed E-state index contributed by atoms with van der Waals surface area (Å²) in [6, 6.07) is 7.61. The van der Waals surface area contributed by atoms with Crippen molar-refractivity contribution in [3.05, 3.63) is 33.8 Å². The summed E-state index contributed by atoms with van der Waals surface area (Å²) in [4.78, 5) is 13.6. The molecule has 1 fully saturated rings. The minimum Gasteiger partial charge on any atom is -0.467 e. The van der Waals surface area contributed by atoms with Crippen LogP contribution in [0.3, 0.4) is 0 Å². The number of hydrogen-bond donors (Lipinski definition) is 0. The van der Waals surface area contributed by atoms with Crippen molar-refractivity contribution in [3.8, 4) is 6.07 Å². The highest BCUT2D eigenvalue weighted by molar-refractivity contribution is 9.10. The summed E-state index contributed by atoms with van der Waals surface area (Å²) < 4.78 is 11.0. The van der Waals surface area contributed by atoms with Gasteiger partial charge < -0.3 is 9.47 Å². The first-order valence-corrected chi connectivity index (χ1v) is 7.03. The number of rotatable bonds is 3. The molecule has 0 N–H and O–H groups in total. The van der Waals surface area contributed by atoms with Crippen molar-refractivity contribution < 1.29 is 14.3 Å². The Morgan fingerprint density at radius 3 is 3.10 bits per heavy atom. The second-order valence-electron chi connectivity index (χ2n) is 4.54. The highest BCUT2D eigenvalue weighted by Crippen LogP contribution is 2.21. The molecule has 1 aliphatic heterocycles. The van der Waals surface area contributed by atoms with Crippen molar-refractivity contribution in [3.63, 3.8) is 0 Å². The number of nitrogens with zero attached hydrogens (tertiary/aromatic N) is 2. The summed E-state index contributed by atoms with van der Waals surface area (Å²) in [5.41, 5.74) is 1.70. The van der Waals surface area contributed by atoms with E-state index in [1.54, 1.807) is 12.1 Å². The van der Waals surface area contributed by atoms with E-state index in [2.05, 4.69) is 26.9 Å². The molecule has 1 heterocycles. The molecule has 1 aromatic carbocycles. The lowest BCUT2D eigenvalue weighted by Gasteiger charge is -2.31. The second-order valence-corrected chi connectivity index (χ2v) is 5.39. The molecular weight excluding hydrogens is 324 g/mol. The molecule has 0 aliphatic carbocycles. The molecule has 0 aromatic heterocycles. The molecule has 1 aromatic rings. The van der Waals surface area contributed by atoms with Gasteiger partial charge in [0.05, 0.1) is 25.3 Å². The molecule has 1 atom stereocenters. The van der Waals surface area contributed by atoms with Crippen molar-refractivity contribution >= 4 is 21.9 Å². The maximum atomic E-state index is 11.5. The molecule has 20 heavy (non-hydrogen) atoms. The summed E-state index contributed by atoms with van der Waals surface area (Å²) in [7, 11) is 1.36. The van der Waals surface area contributed by atoms with Gasteiger partial charge in [0.15, 0.2) is 6.10 Å². The SMILES string of the molecule is COC(=O)[C@H]1CN(Cc2ccc(C#N)cc2Br)CCO1. The van der Waals surface area contributed by atoms with Crippen molar-refractivity contribution in [2.45, 2.75) is 12.6 Å². The van der Waals surface area contributed by atoms with Crippen LogP contribution in [0, 0.1) is 11.3 Å². The molecule has 0 saturated carbocycles. The van der Waals surface area contributed by atoms with Gasteiger partial charge >= 0.3 is 5.97 Å². The fourth-order valence-corrected chi connectivity index (χ4v) is 2.61. The van der Waals surface area contributed by atoms with Crippen LogP contribution in [0.2, 0.25) is 0 Å². The first-order valence-electron chi connectivity index (χ1n) is 6.24. The van der Waals surface area contributed by atoms with Gasteiger partial charge in [-0.1, -0.05) is 22.0 Å². The average Bonchev–Trinajstić information content (AvgIpc) is 2.48. The zero-order valence-corrected chi connectivity index (χ0v) is 12.7. The Balaban J connectivity index is 2.03. The third-order valence-corrected chi connectivity index (χ3v) is 3.93. The van der Waals surface area contributed by atoms with Gasteiger partial charge in [0.2, 0.25) is 0 Å². The quantitative estimate of drug-likeness (QED) is 0.785. The number of carbonyl (C=O) groups excluding carboxylic acids is 1. The van der Waals surface area contributed by atoms with Crippen LogP contribution in [-0.2, 0) is 20.8 Å². The maximum Gasteiger partial charge on any atom is 0.336 e. The lowest BCUT2D eigenvalue weighted by Crippen LogP contribution is -2.46. The average molecular weight is 339 g/mol. The molecule has 106 valence electrons. The molecule has 0 bridgehead atoms. The van der Waals surface area contributed by atoms with E-state index in [4.69, 9.17) is 14.7 Å². The number of methoxy groups -OCH3 is 1. The molecule has 6 heteroatoms. The van der Waals surface area contributed by atoms with E-state index in [0.717, 1.165) is 16.6 Å². The van der Waals surface area contributed by atoms with Gasteiger partial charge in [-0.3, -0.25) is 4.90 Å². The maximum absolute atomic E-state index is 11.5. The van der Waals surface area contributed by atoms with Crippen molar-refractivity contribution in [1.29, 1.82) is 5.26 Å². The van der Waals surface area contributed by atoms with E-state index >= 15 is 0 Å². The topological polar surface area (TPSA) is 62.6 Å². The van der Waals surface area contributed by atoms with Gasteiger partial charge in [-0.25, -0.2) is 4.79 Å². The molecule has 0 unspecified atom stereocenters. The number of ether oxygens (including phenoxy) is 2. The largest absolute Gasteiger partial charge is 0.467 e. The number of nitriles is 1. The Kier molecular flexibility index (Phi) is 5.12.